The highest BCUT2D eigenvalue weighted by atomic mass is 16.6. The zero-order chi connectivity index (χ0) is 22.1. The van der Waals surface area contributed by atoms with Crippen molar-refractivity contribution < 1.29 is 14.6 Å². The highest BCUT2D eigenvalue weighted by Crippen LogP contribution is 2.18. The number of aryl methyl sites for hydroxylation is 2. The van der Waals surface area contributed by atoms with Crippen molar-refractivity contribution >= 4 is 6.09 Å². The molecule has 0 spiro atoms. The molecule has 2 N–H and O–H groups in total. The Labute approximate surface area is 179 Å². The molecule has 0 bridgehead atoms. The normalized spacial score (nSPS) is 11.5. The lowest BCUT2D eigenvalue weighted by Gasteiger charge is -2.23. The van der Waals surface area contributed by atoms with E-state index in [1.807, 2.05) is 33.9 Å². The molecule has 0 fully saturated rings. The quantitative estimate of drug-likeness (QED) is 0.601. The van der Waals surface area contributed by atoms with E-state index >= 15 is 0 Å². The molecule has 0 atom stereocenters. The van der Waals surface area contributed by atoms with Gasteiger partial charge in [-0.1, -0.05) is 6.07 Å². The Morgan fingerprint density at radius 2 is 1.90 bits per heavy atom. The molecular weight excluding hydrogens is 380 g/mol. The summed E-state index contributed by atoms with van der Waals surface area (Å²) in [6, 6.07) is 5.50. The van der Waals surface area contributed by atoms with Crippen LogP contribution in [-0.2, 0) is 17.8 Å². The van der Waals surface area contributed by atoms with Gasteiger partial charge < -0.3 is 15.2 Å². The number of nitrogens with zero attached hydrogens (tertiary/aromatic N) is 3. The molecule has 7 nitrogen and oxygen atoms in total. The number of unbranched alkanes of at least 4 members (excludes halogenated alkanes) is 1. The lowest BCUT2D eigenvalue weighted by atomic mass is 10.1. The van der Waals surface area contributed by atoms with E-state index in [0.29, 0.717) is 25.3 Å². The highest BCUT2D eigenvalue weighted by Gasteiger charge is 2.16. The van der Waals surface area contributed by atoms with Gasteiger partial charge in [0.1, 0.15) is 11.4 Å². The third-order valence-corrected chi connectivity index (χ3v) is 4.51. The summed E-state index contributed by atoms with van der Waals surface area (Å²) in [5.74, 6) is 0.197. The maximum atomic E-state index is 11.8. The number of hydrogen-bond donors (Lipinski definition) is 2. The maximum absolute atomic E-state index is 11.8. The molecule has 0 saturated carbocycles. The molecule has 2 aromatic heterocycles. The Kier molecular flexibility index (Phi) is 8.59. The molecule has 0 aromatic carbocycles. The fourth-order valence-electron chi connectivity index (χ4n) is 3.06. The van der Waals surface area contributed by atoms with Crippen LogP contribution < -0.4 is 5.32 Å². The molecule has 0 aliphatic rings. The molecule has 1 amide bonds. The van der Waals surface area contributed by atoms with Crippen LogP contribution in [0.15, 0.2) is 30.6 Å². The van der Waals surface area contributed by atoms with E-state index in [2.05, 4.69) is 33.2 Å². The number of alkyl carbamates (subject to hydrolysis) is 1. The van der Waals surface area contributed by atoms with Gasteiger partial charge in [0, 0.05) is 32.0 Å². The lowest BCUT2D eigenvalue weighted by Crippen LogP contribution is -2.33. The number of nitrogens with one attached hydrogen (secondary N) is 1. The summed E-state index contributed by atoms with van der Waals surface area (Å²) in [6.07, 6.45) is 4.88. The molecule has 0 radical (unpaired) electrons. The molecular formula is C23H34N4O3. The minimum Gasteiger partial charge on any atom is -0.506 e. The van der Waals surface area contributed by atoms with Crippen LogP contribution in [0.1, 0.15) is 56.1 Å². The van der Waals surface area contributed by atoms with Gasteiger partial charge in [0.25, 0.3) is 0 Å². The van der Waals surface area contributed by atoms with Gasteiger partial charge in [-0.2, -0.15) is 0 Å². The second-order valence-electron chi connectivity index (χ2n) is 8.59. The summed E-state index contributed by atoms with van der Waals surface area (Å²) in [6.45, 7) is 12.2. The Hall–Kier alpha value is -2.67. The zero-order valence-corrected chi connectivity index (χ0v) is 18.7. The van der Waals surface area contributed by atoms with Gasteiger partial charge >= 0.3 is 6.09 Å². The molecule has 2 rings (SSSR count). The maximum Gasteiger partial charge on any atom is 0.407 e. The molecule has 2 heterocycles. The average molecular weight is 415 g/mol. The monoisotopic (exact) mass is 414 g/mol. The largest absolute Gasteiger partial charge is 0.506 e. The predicted octanol–water partition coefficient (Wildman–Crippen LogP) is 4.11. The number of carbonyl (C=O) groups is 1. The van der Waals surface area contributed by atoms with Crippen LogP contribution >= 0.6 is 0 Å². The second kappa shape index (κ2) is 10.9. The van der Waals surface area contributed by atoms with Crippen LogP contribution in [-0.4, -0.2) is 44.8 Å². The van der Waals surface area contributed by atoms with Crippen LogP contribution in [0, 0.1) is 13.8 Å². The Bertz CT molecular complexity index is 833. The van der Waals surface area contributed by atoms with E-state index in [1.54, 1.807) is 18.3 Å². The minimum absolute atomic E-state index is 0.197. The third kappa shape index (κ3) is 8.37. The van der Waals surface area contributed by atoms with Crippen molar-refractivity contribution in [1.29, 1.82) is 0 Å². The fourth-order valence-corrected chi connectivity index (χ4v) is 3.06. The molecule has 0 aliphatic heterocycles. The van der Waals surface area contributed by atoms with Gasteiger partial charge in [-0.3, -0.25) is 14.9 Å². The minimum atomic E-state index is -0.496. The first-order valence-electron chi connectivity index (χ1n) is 10.4. The van der Waals surface area contributed by atoms with Gasteiger partial charge in [0.05, 0.1) is 11.4 Å². The van der Waals surface area contributed by atoms with Crippen molar-refractivity contribution in [2.75, 3.05) is 13.1 Å². The SMILES string of the molecule is Cc1cnc(CN(CCCCNC(=O)OC(C)(C)C)Cc2ncccc2O)c(C)c1. The molecule has 30 heavy (non-hydrogen) atoms. The number of hydrogen-bond acceptors (Lipinski definition) is 6. The van der Waals surface area contributed by atoms with E-state index < -0.39 is 11.7 Å². The average Bonchev–Trinajstić information content (AvgIpc) is 2.64. The molecule has 0 saturated heterocycles. The first-order chi connectivity index (χ1) is 14.1. The summed E-state index contributed by atoms with van der Waals surface area (Å²) in [7, 11) is 0. The first-order valence-corrected chi connectivity index (χ1v) is 10.4. The van der Waals surface area contributed by atoms with Crippen molar-refractivity contribution in [2.24, 2.45) is 0 Å². The summed E-state index contributed by atoms with van der Waals surface area (Å²) >= 11 is 0. The van der Waals surface area contributed by atoms with E-state index in [0.717, 1.165) is 36.2 Å². The van der Waals surface area contributed by atoms with Gasteiger partial charge in [-0.15, -0.1) is 0 Å². The summed E-state index contributed by atoms with van der Waals surface area (Å²) in [4.78, 5) is 22.9. The van der Waals surface area contributed by atoms with Gasteiger partial charge in [-0.25, -0.2) is 4.79 Å². The number of aromatic nitrogens is 2. The van der Waals surface area contributed by atoms with Crippen LogP contribution in [0.25, 0.3) is 0 Å². The lowest BCUT2D eigenvalue weighted by molar-refractivity contribution is 0.0526. The van der Waals surface area contributed by atoms with Crippen LogP contribution in [0.3, 0.4) is 0 Å². The molecule has 164 valence electrons. The van der Waals surface area contributed by atoms with Crippen molar-refractivity contribution in [3.8, 4) is 5.75 Å². The number of amides is 1. The summed E-state index contributed by atoms with van der Waals surface area (Å²) in [5, 5.41) is 12.9. The van der Waals surface area contributed by atoms with Gasteiger partial charge in [-0.05, 0) is 77.3 Å². The summed E-state index contributed by atoms with van der Waals surface area (Å²) < 4.78 is 5.25. The Morgan fingerprint density at radius 3 is 2.57 bits per heavy atom. The van der Waals surface area contributed by atoms with Crippen molar-refractivity contribution in [3.05, 3.63) is 53.1 Å². The number of pyridine rings is 2. The van der Waals surface area contributed by atoms with Gasteiger partial charge in [0.15, 0.2) is 0 Å². The van der Waals surface area contributed by atoms with E-state index in [9.17, 15) is 9.90 Å². The molecule has 2 aromatic rings. The molecule has 7 heteroatoms. The van der Waals surface area contributed by atoms with E-state index in [1.165, 1.54) is 0 Å². The Balaban J connectivity index is 1.93. The van der Waals surface area contributed by atoms with Crippen molar-refractivity contribution in [3.63, 3.8) is 0 Å². The molecule has 0 unspecified atom stereocenters. The zero-order valence-electron chi connectivity index (χ0n) is 18.7. The Morgan fingerprint density at radius 1 is 1.17 bits per heavy atom. The number of carbonyl (C=O) groups excluding carboxylic acids is 1. The van der Waals surface area contributed by atoms with Crippen LogP contribution in [0.5, 0.6) is 5.75 Å². The predicted molar refractivity (Wildman–Crippen MR) is 117 cm³/mol. The first kappa shape index (κ1) is 23.6. The van der Waals surface area contributed by atoms with Gasteiger partial charge in [0.2, 0.25) is 0 Å². The van der Waals surface area contributed by atoms with Crippen molar-refractivity contribution in [1.82, 2.24) is 20.2 Å². The number of ether oxygens (including phenoxy) is 1. The van der Waals surface area contributed by atoms with Crippen LogP contribution in [0.4, 0.5) is 4.79 Å². The molecule has 0 aliphatic carbocycles. The van der Waals surface area contributed by atoms with Crippen molar-refractivity contribution in [2.45, 2.75) is 66.2 Å². The number of aromatic hydroxyl groups is 1. The fraction of sp³-hybridized carbons (Fsp3) is 0.522. The smallest absolute Gasteiger partial charge is 0.407 e. The van der Waals surface area contributed by atoms with Crippen LogP contribution in [0.2, 0.25) is 0 Å². The second-order valence-corrected chi connectivity index (χ2v) is 8.59. The number of rotatable bonds is 9. The third-order valence-electron chi connectivity index (χ3n) is 4.51. The van der Waals surface area contributed by atoms with E-state index in [-0.39, 0.29) is 5.75 Å². The standard InChI is InChI=1S/C23H34N4O3/c1-17-13-18(2)19(26-14-17)15-27(16-20-21(28)9-8-11-24-20)12-7-6-10-25-22(29)30-23(3,4)5/h8-9,11,13-14,28H,6-7,10,12,15-16H2,1-5H3,(H,25,29). The highest BCUT2D eigenvalue weighted by molar-refractivity contribution is 5.67. The van der Waals surface area contributed by atoms with E-state index in [4.69, 9.17) is 4.74 Å². The summed E-state index contributed by atoms with van der Waals surface area (Å²) in [5.41, 5.74) is 3.46. The topological polar surface area (TPSA) is 87.6 Å².